The van der Waals surface area contributed by atoms with Gasteiger partial charge < -0.3 is 10.1 Å². The van der Waals surface area contributed by atoms with Crippen molar-refractivity contribution in [3.63, 3.8) is 0 Å². The largest absolute Gasteiger partial charge is 0.484 e. The SMILES string of the molecule is CNC(=O)COc1ccc(SCc2sc(-c3ccc(C(F)(F)F)cc3)nc2C)cc1C. The van der Waals surface area contributed by atoms with Crippen LogP contribution in [0.2, 0.25) is 0 Å². The van der Waals surface area contributed by atoms with Crippen LogP contribution in [0.3, 0.4) is 0 Å². The minimum Gasteiger partial charge on any atom is -0.484 e. The molecule has 1 amide bonds. The van der Waals surface area contributed by atoms with Crippen molar-refractivity contribution in [3.8, 4) is 16.3 Å². The number of thiazole rings is 1. The molecule has 0 atom stereocenters. The Morgan fingerprint density at radius 1 is 1.16 bits per heavy atom. The zero-order valence-corrected chi connectivity index (χ0v) is 18.8. The summed E-state index contributed by atoms with van der Waals surface area (Å²) in [6.07, 6.45) is -4.35. The number of carbonyl (C=O) groups excluding carboxylic acids is 1. The molecule has 0 aliphatic heterocycles. The fourth-order valence-electron chi connectivity index (χ4n) is 2.73. The lowest BCUT2D eigenvalue weighted by atomic mass is 10.1. The second kappa shape index (κ2) is 9.74. The summed E-state index contributed by atoms with van der Waals surface area (Å²) in [7, 11) is 1.56. The Balaban J connectivity index is 1.66. The molecular formula is C22H21F3N2O2S2. The van der Waals surface area contributed by atoms with Crippen LogP contribution in [0.4, 0.5) is 13.2 Å². The van der Waals surface area contributed by atoms with E-state index in [4.69, 9.17) is 4.74 Å². The molecule has 31 heavy (non-hydrogen) atoms. The third kappa shape index (κ3) is 6.01. The molecule has 0 aliphatic carbocycles. The zero-order valence-electron chi connectivity index (χ0n) is 17.2. The molecule has 1 heterocycles. The van der Waals surface area contributed by atoms with Gasteiger partial charge in [0.1, 0.15) is 10.8 Å². The van der Waals surface area contributed by atoms with E-state index in [2.05, 4.69) is 10.3 Å². The molecule has 1 aromatic heterocycles. The minimum atomic E-state index is -4.35. The number of aromatic nitrogens is 1. The summed E-state index contributed by atoms with van der Waals surface area (Å²) in [5.41, 5.74) is 1.80. The second-order valence-corrected chi connectivity index (χ2v) is 8.91. The Morgan fingerprint density at radius 2 is 1.87 bits per heavy atom. The van der Waals surface area contributed by atoms with Crippen LogP contribution in [0.1, 0.15) is 21.7 Å². The van der Waals surface area contributed by atoms with E-state index in [1.807, 2.05) is 32.0 Å². The van der Waals surface area contributed by atoms with Crippen molar-refractivity contribution in [1.29, 1.82) is 0 Å². The Hall–Kier alpha value is -2.52. The van der Waals surface area contributed by atoms with Crippen molar-refractivity contribution in [2.24, 2.45) is 0 Å². The van der Waals surface area contributed by atoms with Gasteiger partial charge in [-0.3, -0.25) is 4.79 Å². The number of hydrogen-bond acceptors (Lipinski definition) is 5. The van der Waals surface area contributed by atoms with Crippen LogP contribution < -0.4 is 10.1 Å². The maximum absolute atomic E-state index is 12.8. The van der Waals surface area contributed by atoms with Crippen LogP contribution in [0.5, 0.6) is 5.75 Å². The molecule has 0 saturated carbocycles. The molecule has 0 fully saturated rings. The Bertz CT molecular complexity index is 1060. The van der Waals surface area contributed by atoms with E-state index in [0.717, 1.165) is 33.2 Å². The Kier molecular flexibility index (Phi) is 7.27. The van der Waals surface area contributed by atoms with Crippen molar-refractivity contribution >= 4 is 29.0 Å². The summed E-state index contributed by atoms with van der Waals surface area (Å²) in [4.78, 5) is 18.0. The van der Waals surface area contributed by atoms with Gasteiger partial charge in [-0.2, -0.15) is 13.2 Å². The minimum absolute atomic E-state index is 0.0311. The fraction of sp³-hybridized carbons (Fsp3) is 0.273. The summed E-state index contributed by atoms with van der Waals surface area (Å²) in [5.74, 6) is 1.16. The summed E-state index contributed by atoms with van der Waals surface area (Å²) < 4.78 is 43.8. The molecule has 0 spiro atoms. The van der Waals surface area contributed by atoms with E-state index in [-0.39, 0.29) is 12.5 Å². The van der Waals surface area contributed by atoms with E-state index in [1.54, 1.807) is 18.8 Å². The van der Waals surface area contributed by atoms with Crippen LogP contribution in [0.15, 0.2) is 47.4 Å². The van der Waals surface area contributed by atoms with E-state index >= 15 is 0 Å². The lowest BCUT2D eigenvalue weighted by molar-refractivity contribution is -0.137. The molecule has 0 radical (unpaired) electrons. The van der Waals surface area contributed by atoms with Crippen molar-refractivity contribution in [1.82, 2.24) is 10.3 Å². The van der Waals surface area contributed by atoms with Gasteiger partial charge in [-0.25, -0.2) is 4.98 Å². The van der Waals surface area contributed by atoms with Gasteiger partial charge in [0.15, 0.2) is 6.61 Å². The highest BCUT2D eigenvalue weighted by Crippen LogP contribution is 2.35. The standard InChI is InChI=1S/C22H21F3N2O2S2/c1-13-10-17(8-9-18(13)29-11-20(28)26-3)30-12-19-14(2)27-21(31-19)15-4-6-16(7-5-15)22(23,24)25/h4-10H,11-12H2,1-3H3,(H,26,28). The van der Waals surface area contributed by atoms with Crippen LogP contribution in [-0.2, 0) is 16.7 Å². The molecule has 0 saturated heterocycles. The van der Waals surface area contributed by atoms with Crippen LogP contribution >= 0.6 is 23.1 Å². The number of amides is 1. The number of nitrogens with zero attached hydrogens (tertiary/aromatic N) is 1. The topological polar surface area (TPSA) is 51.2 Å². The molecule has 0 unspecified atom stereocenters. The molecule has 164 valence electrons. The summed E-state index contributed by atoms with van der Waals surface area (Å²) in [6, 6.07) is 10.8. The molecule has 3 aromatic rings. The average molecular weight is 467 g/mol. The first-order valence-corrected chi connectivity index (χ1v) is 11.2. The fourth-order valence-corrected chi connectivity index (χ4v) is 4.93. The zero-order chi connectivity index (χ0) is 22.6. The van der Waals surface area contributed by atoms with Gasteiger partial charge >= 0.3 is 6.18 Å². The third-order valence-corrected chi connectivity index (χ3v) is 6.92. The Morgan fingerprint density at radius 3 is 2.48 bits per heavy atom. The van der Waals surface area contributed by atoms with Crippen molar-refractivity contribution in [3.05, 3.63) is 64.2 Å². The lowest BCUT2D eigenvalue weighted by Gasteiger charge is -2.10. The smallest absolute Gasteiger partial charge is 0.416 e. The second-order valence-electron chi connectivity index (χ2n) is 6.78. The molecule has 2 aromatic carbocycles. The number of halogens is 3. The van der Waals surface area contributed by atoms with Gasteiger partial charge in [0.25, 0.3) is 5.91 Å². The number of nitrogens with one attached hydrogen (secondary N) is 1. The molecule has 0 bridgehead atoms. The van der Waals surface area contributed by atoms with Gasteiger partial charge in [0.05, 0.1) is 11.3 Å². The summed E-state index contributed by atoms with van der Waals surface area (Å²) >= 11 is 3.12. The van der Waals surface area contributed by atoms with E-state index < -0.39 is 11.7 Å². The van der Waals surface area contributed by atoms with Gasteiger partial charge in [-0.15, -0.1) is 23.1 Å². The monoisotopic (exact) mass is 466 g/mol. The highest BCUT2D eigenvalue weighted by molar-refractivity contribution is 7.98. The van der Waals surface area contributed by atoms with E-state index in [9.17, 15) is 18.0 Å². The highest BCUT2D eigenvalue weighted by atomic mass is 32.2. The van der Waals surface area contributed by atoms with E-state index in [0.29, 0.717) is 22.1 Å². The predicted octanol–water partition coefficient (Wildman–Crippen LogP) is 5.86. The number of aryl methyl sites for hydroxylation is 2. The van der Waals surface area contributed by atoms with Crippen molar-refractivity contribution in [2.45, 2.75) is 30.7 Å². The molecule has 9 heteroatoms. The van der Waals surface area contributed by atoms with Crippen molar-refractivity contribution < 1.29 is 22.7 Å². The number of hydrogen-bond donors (Lipinski definition) is 1. The number of carbonyl (C=O) groups is 1. The van der Waals surface area contributed by atoms with Crippen molar-refractivity contribution in [2.75, 3.05) is 13.7 Å². The normalized spacial score (nSPS) is 11.4. The van der Waals surface area contributed by atoms with Gasteiger partial charge in [-0.05, 0) is 49.7 Å². The van der Waals surface area contributed by atoms with Gasteiger partial charge in [-0.1, -0.05) is 12.1 Å². The van der Waals surface area contributed by atoms with Crippen LogP contribution in [-0.4, -0.2) is 24.5 Å². The molecule has 0 aliphatic rings. The lowest BCUT2D eigenvalue weighted by Crippen LogP contribution is -2.24. The van der Waals surface area contributed by atoms with Gasteiger partial charge in [0, 0.05) is 28.1 Å². The van der Waals surface area contributed by atoms with E-state index in [1.165, 1.54) is 23.5 Å². The van der Waals surface area contributed by atoms with Crippen LogP contribution in [0.25, 0.3) is 10.6 Å². The molecule has 4 nitrogen and oxygen atoms in total. The summed E-state index contributed by atoms with van der Waals surface area (Å²) in [5, 5.41) is 3.21. The molecule has 3 rings (SSSR count). The van der Waals surface area contributed by atoms with Gasteiger partial charge in [0.2, 0.25) is 0 Å². The number of rotatable bonds is 7. The Labute approximate surface area is 186 Å². The first-order chi connectivity index (χ1) is 14.7. The molecule has 1 N–H and O–H groups in total. The number of thioether (sulfide) groups is 1. The maximum Gasteiger partial charge on any atom is 0.416 e. The quantitative estimate of drug-likeness (QED) is 0.443. The predicted molar refractivity (Wildman–Crippen MR) is 118 cm³/mol. The first kappa shape index (κ1) is 23.1. The number of benzene rings is 2. The summed E-state index contributed by atoms with van der Waals surface area (Å²) in [6.45, 7) is 3.79. The first-order valence-electron chi connectivity index (χ1n) is 9.38. The maximum atomic E-state index is 12.8. The van der Waals surface area contributed by atoms with Crippen LogP contribution in [0, 0.1) is 13.8 Å². The average Bonchev–Trinajstić information content (AvgIpc) is 3.11. The number of ether oxygens (including phenoxy) is 1. The number of likely N-dealkylation sites (N-methyl/N-ethyl adjacent to an activating group) is 1. The molecular weight excluding hydrogens is 445 g/mol. The highest BCUT2D eigenvalue weighted by Gasteiger charge is 2.30. The number of alkyl halides is 3. The third-order valence-electron chi connectivity index (χ3n) is 4.51.